The molecule has 3 aromatic heterocycles. The van der Waals surface area contributed by atoms with Gasteiger partial charge in [0.15, 0.2) is 11.5 Å². The summed E-state index contributed by atoms with van der Waals surface area (Å²) >= 11 is 0. The lowest BCUT2D eigenvalue weighted by atomic mass is 10.2. The van der Waals surface area contributed by atoms with E-state index >= 15 is 0 Å². The monoisotopic (exact) mass is 322 g/mol. The Labute approximate surface area is 140 Å². The average molecular weight is 322 g/mol. The quantitative estimate of drug-likeness (QED) is 0.721. The van der Waals surface area contributed by atoms with Crippen molar-refractivity contribution in [1.29, 1.82) is 0 Å². The van der Waals surface area contributed by atoms with Crippen LogP contribution in [0.15, 0.2) is 59.6 Å². The third-order valence-corrected chi connectivity index (χ3v) is 3.64. The van der Waals surface area contributed by atoms with Crippen molar-refractivity contribution in [1.82, 2.24) is 20.0 Å². The van der Waals surface area contributed by atoms with Crippen molar-refractivity contribution in [2.24, 2.45) is 0 Å². The number of carbonyl (C=O) groups is 1. The van der Waals surface area contributed by atoms with E-state index in [1.165, 1.54) is 0 Å². The van der Waals surface area contributed by atoms with Crippen LogP contribution in [0, 0.1) is 0 Å². The van der Waals surface area contributed by atoms with Crippen LogP contribution in [0.5, 0.6) is 0 Å². The maximum Gasteiger partial charge on any atom is 0.276 e. The molecule has 0 saturated heterocycles. The summed E-state index contributed by atoms with van der Waals surface area (Å²) in [5.74, 6) is 0.351. The molecule has 122 valence electrons. The number of rotatable bonds is 5. The second-order valence-corrected chi connectivity index (χ2v) is 5.71. The van der Waals surface area contributed by atoms with Gasteiger partial charge in [-0.2, -0.15) is 0 Å². The Bertz CT molecular complexity index is 800. The van der Waals surface area contributed by atoms with E-state index in [1.54, 1.807) is 35.8 Å². The zero-order valence-corrected chi connectivity index (χ0v) is 13.6. The molecule has 0 unspecified atom stereocenters. The number of hydrogen-bond donors (Lipinski definition) is 0. The topological polar surface area (TPSA) is 72.1 Å². The summed E-state index contributed by atoms with van der Waals surface area (Å²) in [6, 6.07) is 9.14. The average Bonchev–Trinajstić information content (AvgIpc) is 3.11. The van der Waals surface area contributed by atoms with Crippen molar-refractivity contribution in [3.63, 3.8) is 0 Å². The summed E-state index contributed by atoms with van der Waals surface area (Å²) in [6.07, 6.45) is 6.82. The number of amides is 1. The van der Waals surface area contributed by atoms with Crippen LogP contribution in [0.2, 0.25) is 0 Å². The normalized spacial score (nSPS) is 10.8. The van der Waals surface area contributed by atoms with Crippen molar-refractivity contribution in [2.45, 2.75) is 26.4 Å². The first-order valence-corrected chi connectivity index (χ1v) is 7.72. The van der Waals surface area contributed by atoms with E-state index in [2.05, 4.69) is 15.1 Å². The van der Waals surface area contributed by atoms with E-state index in [9.17, 15) is 4.79 Å². The fourth-order valence-electron chi connectivity index (χ4n) is 2.34. The molecule has 0 aliphatic rings. The summed E-state index contributed by atoms with van der Waals surface area (Å²) in [5.41, 5.74) is 2.04. The van der Waals surface area contributed by atoms with E-state index in [4.69, 9.17) is 4.52 Å². The Morgan fingerprint density at radius 3 is 2.54 bits per heavy atom. The van der Waals surface area contributed by atoms with E-state index in [1.807, 2.05) is 38.1 Å². The predicted molar refractivity (Wildman–Crippen MR) is 89.0 cm³/mol. The number of pyridine rings is 2. The lowest BCUT2D eigenvalue weighted by molar-refractivity contribution is 0.0679. The molecule has 0 spiro atoms. The number of nitrogens with zero attached hydrogens (tertiary/aromatic N) is 4. The molecular formula is C18H18N4O2. The van der Waals surface area contributed by atoms with Crippen LogP contribution < -0.4 is 0 Å². The Morgan fingerprint density at radius 1 is 1.17 bits per heavy atom. The van der Waals surface area contributed by atoms with Crippen molar-refractivity contribution >= 4 is 5.91 Å². The SMILES string of the molecule is CC(C)N(Cc1cccnc1)C(=O)c1cc(-c2cccnc2)on1. The minimum Gasteiger partial charge on any atom is -0.355 e. The van der Waals surface area contributed by atoms with Gasteiger partial charge in [-0.05, 0) is 37.6 Å². The van der Waals surface area contributed by atoms with E-state index < -0.39 is 0 Å². The zero-order chi connectivity index (χ0) is 16.9. The van der Waals surface area contributed by atoms with Crippen LogP contribution >= 0.6 is 0 Å². The second kappa shape index (κ2) is 7.04. The van der Waals surface area contributed by atoms with Crippen molar-refractivity contribution < 1.29 is 9.32 Å². The molecule has 0 aliphatic carbocycles. The van der Waals surface area contributed by atoms with Gasteiger partial charge >= 0.3 is 0 Å². The van der Waals surface area contributed by atoms with E-state index in [0.29, 0.717) is 12.3 Å². The molecule has 1 amide bonds. The molecule has 0 aromatic carbocycles. The van der Waals surface area contributed by atoms with Gasteiger partial charge in [-0.25, -0.2) is 0 Å². The van der Waals surface area contributed by atoms with Gasteiger partial charge in [0, 0.05) is 49.0 Å². The number of aromatic nitrogens is 3. The molecule has 3 rings (SSSR count). The van der Waals surface area contributed by atoms with Crippen molar-refractivity contribution in [3.05, 3.63) is 66.4 Å². The molecule has 6 nitrogen and oxygen atoms in total. The smallest absolute Gasteiger partial charge is 0.276 e. The molecule has 0 saturated carbocycles. The van der Waals surface area contributed by atoms with Crippen LogP contribution in [0.3, 0.4) is 0 Å². The summed E-state index contributed by atoms with van der Waals surface area (Å²) in [7, 11) is 0. The molecule has 3 heterocycles. The van der Waals surface area contributed by atoms with Crippen LogP contribution in [0.4, 0.5) is 0 Å². The first-order chi connectivity index (χ1) is 11.6. The first kappa shape index (κ1) is 15.9. The predicted octanol–water partition coefficient (Wildman–Crippen LogP) is 3.18. The summed E-state index contributed by atoms with van der Waals surface area (Å²) in [5, 5.41) is 3.93. The van der Waals surface area contributed by atoms with Crippen LogP contribution in [-0.4, -0.2) is 32.0 Å². The fraction of sp³-hybridized carbons (Fsp3) is 0.222. The van der Waals surface area contributed by atoms with Gasteiger partial charge in [0.05, 0.1) is 0 Å². The minimum absolute atomic E-state index is 0.0243. The van der Waals surface area contributed by atoms with Gasteiger partial charge in [0.25, 0.3) is 5.91 Å². The zero-order valence-electron chi connectivity index (χ0n) is 13.6. The molecular weight excluding hydrogens is 304 g/mol. The second-order valence-electron chi connectivity index (χ2n) is 5.71. The molecule has 0 bridgehead atoms. The highest BCUT2D eigenvalue weighted by Gasteiger charge is 2.23. The van der Waals surface area contributed by atoms with Crippen molar-refractivity contribution in [2.75, 3.05) is 0 Å². The third-order valence-electron chi connectivity index (χ3n) is 3.64. The summed E-state index contributed by atoms with van der Waals surface area (Å²) in [6.45, 7) is 4.41. The Hall–Kier alpha value is -3.02. The Balaban J connectivity index is 1.82. The van der Waals surface area contributed by atoms with Crippen LogP contribution in [0.1, 0.15) is 29.9 Å². The number of carbonyl (C=O) groups excluding carboxylic acids is 1. The van der Waals surface area contributed by atoms with Gasteiger partial charge < -0.3 is 9.42 Å². The molecule has 6 heteroatoms. The lowest BCUT2D eigenvalue weighted by Crippen LogP contribution is -2.36. The third kappa shape index (κ3) is 3.48. The van der Waals surface area contributed by atoms with Crippen LogP contribution in [0.25, 0.3) is 11.3 Å². The number of hydrogen-bond acceptors (Lipinski definition) is 5. The Morgan fingerprint density at radius 2 is 1.92 bits per heavy atom. The standard InChI is InChI=1S/C18H18N4O2/c1-13(2)22(12-14-5-3-7-19-10-14)18(23)16-9-17(24-21-16)15-6-4-8-20-11-15/h3-11,13H,12H2,1-2H3. The highest BCUT2D eigenvalue weighted by Crippen LogP contribution is 2.20. The van der Waals surface area contributed by atoms with Gasteiger partial charge in [-0.15, -0.1) is 0 Å². The minimum atomic E-state index is -0.173. The van der Waals surface area contributed by atoms with Crippen molar-refractivity contribution in [3.8, 4) is 11.3 Å². The van der Waals surface area contributed by atoms with Gasteiger partial charge in [0.2, 0.25) is 0 Å². The lowest BCUT2D eigenvalue weighted by Gasteiger charge is -2.25. The molecule has 3 aromatic rings. The molecule has 0 fully saturated rings. The highest BCUT2D eigenvalue weighted by molar-refractivity contribution is 5.93. The maximum absolute atomic E-state index is 12.8. The van der Waals surface area contributed by atoms with Gasteiger partial charge in [-0.1, -0.05) is 11.2 Å². The van der Waals surface area contributed by atoms with Gasteiger partial charge in [0.1, 0.15) is 0 Å². The molecule has 0 N–H and O–H groups in total. The molecule has 24 heavy (non-hydrogen) atoms. The maximum atomic E-state index is 12.8. The summed E-state index contributed by atoms with van der Waals surface area (Å²) in [4.78, 5) is 22.7. The van der Waals surface area contributed by atoms with E-state index in [-0.39, 0.29) is 17.6 Å². The highest BCUT2D eigenvalue weighted by atomic mass is 16.5. The van der Waals surface area contributed by atoms with Gasteiger partial charge in [-0.3, -0.25) is 14.8 Å². The molecule has 0 aliphatic heterocycles. The van der Waals surface area contributed by atoms with Crippen LogP contribution in [-0.2, 0) is 6.54 Å². The first-order valence-electron chi connectivity index (χ1n) is 7.72. The summed E-state index contributed by atoms with van der Waals surface area (Å²) < 4.78 is 5.30. The van der Waals surface area contributed by atoms with E-state index in [0.717, 1.165) is 11.1 Å². The molecule has 0 radical (unpaired) electrons. The largest absolute Gasteiger partial charge is 0.355 e. The fourth-order valence-corrected chi connectivity index (χ4v) is 2.34. The Kier molecular flexibility index (Phi) is 4.65. The molecule has 0 atom stereocenters.